The number of methoxy groups -OCH3 is 1. The van der Waals surface area contributed by atoms with Crippen molar-refractivity contribution >= 4 is 23.2 Å². The molecule has 0 spiro atoms. The van der Waals surface area contributed by atoms with Gasteiger partial charge in [-0.05, 0) is 37.6 Å². The van der Waals surface area contributed by atoms with Crippen molar-refractivity contribution in [1.82, 2.24) is 9.38 Å². The number of pyridine rings is 1. The molecule has 3 aromatic rings. The summed E-state index contributed by atoms with van der Waals surface area (Å²) in [5.74, 6) is 0.0793. The Balaban J connectivity index is 1.81. The third-order valence-corrected chi connectivity index (χ3v) is 4.25. The minimum Gasteiger partial charge on any atom is -0.493 e. The molecule has 0 bridgehead atoms. The maximum absolute atomic E-state index is 12.4. The predicted molar refractivity (Wildman–Crippen MR) is 104 cm³/mol. The summed E-state index contributed by atoms with van der Waals surface area (Å²) in [6.07, 6.45) is 1.70. The molecule has 146 valence electrons. The smallest absolute Gasteiger partial charge is 0.338 e. The third kappa shape index (κ3) is 4.09. The first-order valence-electron chi connectivity index (χ1n) is 8.59. The number of halogens is 1. The van der Waals surface area contributed by atoms with Crippen LogP contribution in [0.4, 0.5) is 0 Å². The van der Waals surface area contributed by atoms with Gasteiger partial charge in [-0.25, -0.2) is 9.78 Å². The van der Waals surface area contributed by atoms with Crippen LogP contribution in [0.25, 0.3) is 5.65 Å². The van der Waals surface area contributed by atoms with Gasteiger partial charge in [0, 0.05) is 12.3 Å². The van der Waals surface area contributed by atoms with Crippen molar-refractivity contribution < 1.29 is 19.0 Å². The summed E-state index contributed by atoms with van der Waals surface area (Å²) >= 11 is 6.18. The van der Waals surface area contributed by atoms with E-state index in [1.807, 2.05) is 19.9 Å². The minimum atomic E-state index is -0.617. The molecule has 8 heteroatoms. The summed E-state index contributed by atoms with van der Waals surface area (Å²) in [5.41, 5.74) is 1.74. The summed E-state index contributed by atoms with van der Waals surface area (Å²) in [4.78, 5) is 29.0. The SMILES string of the molecule is CCOc1c(Cl)cc(C(=O)OCc2cc(=O)n3cc(C)ccc3n2)cc1OC. The average molecular weight is 403 g/mol. The van der Waals surface area contributed by atoms with Gasteiger partial charge in [0.1, 0.15) is 12.3 Å². The lowest BCUT2D eigenvalue weighted by Gasteiger charge is -2.13. The van der Waals surface area contributed by atoms with Crippen LogP contribution in [0.1, 0.15) is 28.5 Å². The van der Waals surface area contributed by atoms with Crippen LogP contribution in [0, 0.1) is 6.92 Å². The van der Waals surface area contributed by atoms with E-state index in [4.69, 9.17) is 25.8 Å². The molecular weight excluding hydrogens is 384 g/mol. The lowest BCUT2D eigenvalue weighted by Crippen LogP contribution is -2.17. The summed E-state index contributed by atoms with van der Waals surface area (Å²) < 4.78 is 17.4. The molecule has 0 fully saturated rings. The highest BCUT2D eigenvalue weighted by Crippen LogP contribution is 2.36. The predicted octanol–water partition coefficient (Wildman–Crippen LogP) is 3.42. The first kappa shape index (κ1) is 19.7. The molecule has 7 nitrogen and oxygen atoms in total. The van der Waals surface area contributed by atoms with Gasteiger partial charge in [0.05, 0.1) is 30.0 Å². The monoisotopic (exact) mass is 402 g/mol. The molecule has 0 aliphatic carbocycles. The van der Waals surface area contributed by atoms with Gasteiger partial charge < -0.3 is 14.2 Å². The molecule has 0 aliphatic heterocycles. The molecule has 3 rings (SSSR count). The molecule has 0 saturated heterocycles. The zero-order chi connectivity index (χ0) is 20.3. The molecule has 0 N–H and O–H groups in total. The molecule has 0 aliphatic rings. The van der Waals surface area contributed by atoms with Crippen molar-refractivity contribution in [2.45, 2.75) is 20.5 Å². The maximum Gasteiger partial charge on any atom is 0.338 e. The van der Waals surface area contributed by atoms with Gasteiger partial charge in [-0.3, -0.25) is 9.20 Å². The van der Waals surface area contributed by atoms with E-state index in [1.165, 1.54) is 29.7 Å². The van der Waals surface area contributed by atoms with Gasteiger partial charge in [-0.15, -0.1) is 0 Å². The molecule has 0 saturated carbocycles. The Labute approximate surface area is 166 Å². The second-order valence-corrected chi connectivity index (χ2v) is 6.43. The molecular formula is C20H19ClN2O5. The molecule has 28 heavy (non-hydrogen) atoms. The number of rotatable bonds is 6. The van der Waals surface area contributed by atoms with Crippen molar-refractivity contribution in [2.75, 3.05) is 13.7 Å². The van der Waals surface area contributed by atoms with Crippen molar-refractivity contribution in [3.05, 3.63) is 68.7 Å². The summed E-state index contributed by atoms with van der Waals surface area (Å²) in [6, 6.07) is 7.87. The van der Waals surface area contributed by atoms with Crippen LogP contribution in [0.2, 0.25) is 5.02 Å². The van der Waals surface area contributed by atoms with Crippen LogP contribution in [0.5, 0.6) is 11.5 Å². The number of nitrogens with zero attached hydrogens (tertiary/aromatic N) is 2. The number of benzene rings is 1. The van der Waals surface area contributed by atoms with E-state index < -0.39 is 5.97 Å². The zero-order valence-corrected chi connectivity index (χ0v) is 16.4. The summed E-state index contributed by atoms with van der Waals surface area (Å²) in [6.45, 7) is 3.96. The Hall–Kier alpha value is -3.06. The maximum atomic E-state index is 12.4. The number of hydrogen-bond donors (Lipinski definition) is 0. The fourth-order valence-corrected chi connectivity index (χ4v) is 2.94. The topological polar surface area (TPSA) is 79.1 Å². The quantitative estimate of drug-likeness (QED) is 0.588. The molecule has 0 amide bonds. The molecule has 0 atom stereocenters. The van der Waals surface area contributed by atoms with Crippen LogP contribution in [0.15, 0.2) is 41.3 Å². The van der Waals surface area contributed by atoms with E-state index in [0.717, 1.165) is 5.56 Å². The molecule has 0 radical (unpaired) electrons. The van der Waals surface area contributed by atoms with E-state index in [2.05, 4.69) is 4.98 Å². The first-order chi connectivity index (χ1) is 13.4. The van der Waals surface area contributed by atoms with Gasteiger partial charge in [0.15, 0.2) is 11.5 Å². The molecule has 1 aromatic carbocycles. The Morgan fingerprint density at radius 3 is 2.75 bits per heavy atom. The van der Waals surface area contributed by atoms with Crippen molar-refractivity contribution in [2.24, 2.45) is 0 Å². The summed E-state index contributed by atoms with van der Waals surface area (Å²) in [7, 11) is 1.46. The lowest BCUT2D eigenvalue weighted by molar-refractivity contribution is 0.0467. The fraction of sp³-hybridized carbons (Fsp3) is 0.250. The molecule has 2 heterocycles. The lowest BCUT2D eigenvalue weighted by atomic mass is 10.2. The number of carbonyl (C=O) groups is 1. The van der Waals surface area contributed by atoms with E-state index in [0.29, 0.717) is 29.4 Å². The van der Waals surface area contributed by atoms with Crippen molar-refractivity contribution in [3.63, 3.8) is 0 Å². The standard InChI is InChI=1S/C20H19ClN2O5/c1-4-27-19-15(21)7-13(8-16(19)26-3)20(25)28-11-14-9-18(24)23-10-12(2)5-6-17(23)22-14/h5-10H,4,11H2,1-3H3. The van der Waals surface area contributed by atoms with Crippen LogP contribution >= 0.6 is 11.6 Å². The number of hydrogen-bond acceptors (Lipinski definition) is 6. The Kier molecular flexibility index (Phi) is 5.84. The minimum absolute atomic E-state index is 0.147. The first-order valence-corrected chi connectivity index (χ1v) is 8.97. The average Bonchev–Trinajstić information content (AvgIpc) is 2.68. The van der Waals surface area contributed by atoms with E-state index in [-0.39, 0.29) is 22.8 Å². The van der Waals surface area contributed by atoms with Gasteiger partial charge in [-0.2, -0.15) is 0 Å². The van der Waals surface area contributed by atoms with E-state index in [1.54, 1.807) is 12.3 Å². The van der Waals surface area contributed by atoms with Gasteiger partial charge >= 0.3 is 5.97 Å². The number of aryl methyl sites for hydroxylation is 1. The van der Waals surface area contributed by atoms with Crippen LogP contribution in [0.3, 0.4) is 0 Å². The number of aromatic nitrogens is 2. The van der Waals surface area contributed by atoms with Crippen LogP contribution < -0.4 is 15.0 Å². The number of esters is 1. The second kappa shape index (κ2) is 8.31. The Morgan fingerprint density at radius 2 is 2.04 bits per heavy atom. The highest BCUT2D eigenvalue weighted by molar-refractivity contribution is 6.32. The summed E-state index contributed by atoms with van der Waals surface area (Å²) in [5, 5.41) is 0.241. The van der Waals surface area contributed by atoms with E-state index >= 15 is 0 Å². The second-order valence-electron chi connectivity index (χ2n) is 6.02. The highest BCUT2D eigenvalue weighted by Gasteiger charge is 2.17. The normalized spacial score (nSPS) is 10.7. The van der Waals surface area contributed by atoms with Gasteiger partial charge in [0.25, 0.3) is 5.56 Å². The number of ether oxygens (including phenoxy) is 3. The fourth-order valence-electron chi connectivity index (χ4n) is 2.68. The van der Waals surface area contributed by atoms with Crippen LogP contribution in [-0.4, -0.2) is 29.1 Å². The largest absolute Gasteiger partial charge is 0.493 e. The van der Waals surface area contributed by atoms with E-state index in [9.17, 15) is 9.59 Å². The van der Waals surface area contributed by atoms with Crippen LogP contribution in [-0.2, 0) is 11.3 Å². The van der Waals surface area contributed by atoms with Crippen molar-refractivity contribution in [1.29, 1.82) is 0 Å². The molecule has 0 unspecified atom stereocenters. The van der Waals surface area contributed by atoms with Gasteiger partial charge in [-0.1, -0.05) is 17.7 Å². The number of fused-ring (bicyclic) bond motifs is 1. The Bertz CT molecular complexity index is 1090. The van der Waals surface area contributed by atoms with Gasteiger partial charge in [0.2, 0.25) is 0 Å². The highest BCUT2D eigenvalue weighted by atomic mass is 35.5. The molecule has 2 aromatic heterocycles. The van der Waals surface area contributed by atoms with Crippen molar-refractivity contribution in [3.8, 4) is 11.5 Å². The zero-order valence-electron chi connectivity index (χ0n) is 15.7. The Morgan fingerprint density at radius 1 is 1.25 bits per heavy atom. The number of carbonyl (C=O) groups excluding carboxylic acids is 1. The third-order valence-electron chi connectivity index (χ3n) is 3.97.